The van der Waals surface area contributed by atoms with Gasteiger partial charge in [-0.2, -0.15) is 0 Å². The zero-order valence-corrected chi connectivity index (χ0v) is 15.3. The summed E-state index contributed by atoms with van der Waals surface area (Å²) >= 11 is 0. The van der Waals surface area contributed by atoms with Gasteiger partial charge in [0.2, 0.25) is 5.91 Å². The van der Waals surface area contributed by atoms with E-state index in [0.717, 1.165) is 17.5 Å². The third-order valence-corrected chi connectivity index (χ3v) is 4.85. The van der Waals surface area contributed by atoms with Gasteiger partial charge in [0.25, 0.3) is 11.6 Å². The van der Waals surface area contributed by atoms with Gasteiger partial charge in [0.1, 0.15) is 6.67 Å². The smallest absolute Gasteiger partial charge is 0.269 e. The number of nitro benzene ring substituents is 1. The second kappa shape index (κ2) is 7.57. The average Bonchev–Trinajstić information content (AvgIpc) is 3.06. The van der Waals surface area contributed by atoms with Gasteiger partial charge in [-0.1, -0.05) is 6.07 Å². The highest BCUT2D eigenvalue weighted by Gasteiger charge is 2.26. The SMILES string of the molecule is Cc1ccc(C(=O)N(CN2CCCC2=O)c2ccc([N+](=O)[O-])cc2)cc1C. The van der Waals surface area contributed by atoms with Crippen molar-refractivity contribution in [2.75, 3.05) is 18.1 Å². The topological polar surface area (TPSA) is 83.8 Å². The number of likely N-dealkylation sites (tertiary alicyclic amines) is 1. The fourth-order valence-corrected chi connectivity index (χ4v) is 3.07. The summed E-state index contributed by atoms with van der Waals surface area (Å²) in [6, 6.07) is 11.3. The third-order valence-electron chi connectivity index (χ3n) is 4.85. The minimum absolute atomic E-state index is 0.00907. The first-order chi connectivity index (χ1) is 12.9. The van der Waals surface area contributed by atoms with Crippen molar-refractivity contribution in [2.24, 2.45) is 0 Å². The minimum Gasteiger partial charge on any atom is -0.324 e. The van der Waals surface area contributed by atoms with Gasteiger partial charge in [-0.25, -0.2) is 0 Å². The zero-order chi connectivity index (χ0) is 19.6. The molecule has 1 heterocycles. The van der Waals surface area contributed by atoms with Crippen LogP contribution in [0.3, 0.4) is 0 Å². The Labute approximate surface area is 157 Å². The molecule has 27 heavy (non-hydrogen) atoms. The van der Waals surface area contributed by atoms with Crippen molar-refractivity contribution in [3.63, 3.8) is 0 Å². The number of anilines is 1. The normalized spacial score (nSPS) is 13.7. The van der Waals surface area contributed by atoms with E-state index in [1.54, 1.807) is 11.0 Å². The van der Waals surface area contributed by atoms with E-state index in [-0.39, 0.29) is 24.2 Å². The lowest BCUT2D eigenvalue weighted by atomic mass is 10.1. The molecule has 2 aromatic carbocycles. The zero-order valence-electron chi connectivity index (χ0n) is 15.3. The van der Waals surface area contributed by atoms with Crippen LogP contribution in [0.5, 0.6) is 0 Å². The molecule has 0 saturated carbocycles. The van der Waals surface area contributed by atoms with E-state index in [9.17, 15) is 19.7 Å². The fourth-order valence-electron chi connectivity index (χ4n) is 3.07. The van der Waals surface area contributed by atoms with Gasteiger partial charge < -0.3 is 4.90 Å². The molecule has 0 radical (unpaired) electrons. The molecule has 0 aliphatic carbocycles. The van der Waals surface area contributed by atoms with E-state index in [0.29, 0.717) is 24.2 Å². The third kappa shape index (κ3) is 3.97. The molecule has 0 aromatic heterocycles. The van der Waals surface area contributed by atoms with E-state index < -0.39 is 4.92 Å². The van der Waals surface area contributed by atoms with E-state index in [2.05, 4.69) is 0 Å². The number of non-ortho nitro benzene ring substituents is 1. The molecule has 0 bridgehead atoms. The Hall–Kier alpha value is -3.22. The quantitative estimate of drug-likeness (QED) is 0.599. The van der Waals surface area contributed by atoms with Crippen LogP contribution in [-0.2, 0) is 4.79 Å². The molecular formula is C20H21N3O4. The number of hydrogen-bond acceptors (Lipinski definition) is 4. The van der Waals surface area contributed by atoms with Crippen molar-refractivity contribution in [2.45, 2.75) is 26.7 Å². The van der Waals surface area contributed by atoms with Gasteiger partial charge in [-0.15, -0.1) is 0 Å². The highest BCUT2D eigenvalue weighted by Crippen LogP contribution is 2.24. The average molecular weight is 367 g/mol. The Balaban J connectivity index is 1.95. The molecule has 0 N–H and O–H groups in total. The maximum Gasteiger partial charge on any atom is 0.269 e. The molecule has 1 fully saturated rings. The molecule has 7 heteroatoms. The molecule has 1 aliphatic rings. The number of carbonyl (C=O) groups excluding carboxylic acids is 2. The molecule has 1 aliphatic heterocycles. The van der Waals surface area contributed by atoms with Crippen molar-refractivity contribution in [3.05, 3.63) is 69.3 Å². The molecule has 7 nitrogen and oxygen atoms in total. The number of nitro groups is 1. The van der Waals surface area contributed by atoms with Gasteiger partial charge in [-0.05, 0) is 55.7 Å². The van der Waals surface area contributed by atoms with E-state index >= 15 is 0 Å². The maximum atomic E-state index is 13.2. The van der Waals surface area contributed by atoms with Gasteiger partial charge in [0, 0.05) is 36.3 Å². The summed E-state index contributed by atoms with van der Waals surface area (Å²) in [5.41, 5.74) is 3.08. The van der Waals surface area contributed by atoms with Crippen molar-refractivity contribution < 1.29 is 14.5 Å². The maximum absolute atomic E-state index is 13.2. The van der Waals surface area contributed by atoms with Gasteiger partial charge >= 0.3 is 0 Å². The molecule has 0 spiro atoms. The summed E-state index contributed by atoms with van der Waals surface area (Å²) in [5, 5.41) is 10.9. The number of nitrogens with zero attached hydrogens (tertiary/aromatic N) is 3. The summed E-state index contributed by atoms with van der Waals surface area (Å²) in [6.07, 6.45) is 1.25. The number of carbonyl (C=O) groups is 2. The summed E-state index contributed by atoms with van der Waals surface area (Å²) in [6.45, 7) is 4.64. The van der Waals surface area contributed by atoms with Crippen molar-refractivity contribution in [1.29, 1.82) is 0 Å². The van der Waals surface area contributed by atoms with Crippen LogP contribution in [0.1, 0.15) is 34.3 Å². The van der Waals surface area contributed by atoms with Crippen LogP contribution in [-0.4, -0.2) is 34.9 Å². The predicted molar refractivity (Wildman–Crippen MR) is 102 cm³/mol. The fraction of sp³-hybridized carbons (Fsp3) is 0.300. The summed E-state index contributed by atoms with van der Waals surface area (Å²) < 4.78 is 0. The Bertz CT molecular complexity index is 893. The van der Waals surface area contributed by atoms with Crippen LogP contribution < -0.4 is 4.90 Å². The standard InChI is InChI=1S/C20H21N3O4/c1-14-5-6-16(12-15(14)2)20(25)22(13-21-11-3-4-19(21)24)17-7-9-18(10-8-17)23(26)27/h5-10,12H,3-4,11,13H2,1-2H3. The predicted octanol–water partition coefficient (Wildman–Crippen LogP) is 3.44. The largest absolute Gasteiger partial charge is 0.324 e. The summed E-state index contributed by atoms with van der Waals surface area (Å²) in [7, 11) is 0. The second-order valence-electron chi connectivity index (χ2n) is 6.71. The molecule has 1 saturated heterocycles. The molecule has 3 rings (SSSR count). The monoisotopic (exact) mass is 367 g/mol. The summed E-state index contributed by atoms with van der Waals surface area (Å²) in [5.74, 6) is -0.235. The molecule has 140 valence electrons. The second-order valence-corrected chi connectivity index (χ2v) is 6.71. The van der Waals surface area contributed by atoms with E-state index in [1.807, 2.05) is 26.0 Å². The number of hydrogen-bond donors (Lipinski definition) is 0. The highest BCUT2D eigenvalue weighted by molar-refractivity contribution is 6.06. The van der Waals surface area contributed by atoms with Crippen molar-refractivity contribution in [1.82, 2.24) is 4.90 Å². The number of aryl methyl sites for hydroxylation is 2. The molecular weight excluding hydrogens is 346 g/mol. The van der Waals surface area contributed by atoms with Crippen LogP contribution in [0.25, 0.3) is 0 Å². The number of amides is 2. The molecule has 0 unspecified atom stereocenters. The number of rotatable bonds is 5. The van der Waals surface area contributed by atoms with Gasteiger partial charge in [-0.3, -0.25) is 24.6 Å². The lowest BCUT2D eigenvalue weighted by Gasteiger charge is -2.28. The number of benzene rings is 2. The first kappa shape index (κ1) is 18.6. The van der Waals surface area contributed by atoms with E-state index in [1.165, 1.54) is 29.2 Å². The van der Waals surface area contributed by atoms with Crippen molar-refractivity contribution in [3.8, 4) is 0 Å². The Morgan fingerprint density at radius 3 is 2.41 bits per heavy atom. The van der Waals surface area contributed by atoms with Crippen LogP contribution in [0, 0.1) is 24.0 Å². The molecule has 2 aromatic rings. The lowest BCUT2D eigenvalue weighted by Crippen LogP contribution is -2.42. The molecule has 0 atom stereocenters. The highest BCUT2D eigenvalue weighted by atomic mass is 16.6. The molecule has 2 amide bonds. The van der Waals surface area contributed by atoms with Gasteiger partial charge in [0.05, 0.1) is 4.92 Å². The van der Waals surface area contributed by atoms with Gasteiger partial charge in [0.15, 0.2) is 0 Å². The first-order valence-corrected chi connectivity index (χ1v) is 8.78. The Kier molecular flexibility index (Phi) is 5.21. The van der Waals surface area contributed by atoms with Crippen LogP contribution in [0.15, 0.2) is 42.5 Å². The van der Waals surface area contributed by atoms with E-state index in [4.69, 9.17) is 0 Å². The Morgan fingerprint density at radius 2 is 1.85 bits per heavy atom. The van der Waals surface area contributed by atoms with Crippen LogP contribution in [0.2, 0.25) is 0 Å². The van der Waals surface area contributed by atoms with Crippen molar-refractivity contribution >= 4 is 23.2 Å². The summed E-state index contributed by atoms with van der Waals surface area (Å²) in [4.78, 5) is 38.8. The first-order valence-electron chi connectivity index (χ1n) is 8.78. The van der Waals surface area contributed by atoms with Crippen LogP contribution in [0.4, 0.5) is 11.4 Å². The lowest BCUT2D eigenvalue weighted by molar-refractivity contribution is -0.384. The minimum atomic E-state index is -0.483. The van der Waals surface area contributed by atoms with Crippen LogP contribution >= 0.6 is 0 Å². The Morgan fingerprint density at radius 1 is 1.15 bits per heavy atom.